The summed E-state index contributed by atoms with van der Waals surface area (Å²) in [5.74, 6) is -0.845. The van der Waals surface area contributed by atoms with Gasteiger partial charge in [-0.05, 0) is 54.4 Å². The Morgan fingerprint density at radius 1 is 1.00 bits per heavy atom. The van der Waals surface area contributed by atoms with Crippen molar-refractivity contribution in [3.63, 3.8) is 0 Å². The first-order valence-corrected chi connectivity index (χ1v) is 11.9. The fourth-order valence-corrected chi connectivity index (χ4v) is 5.80. The highest BCUT2D eigenvalue weighted by molar-refractivity contribution is 7.93. The second kappa shape index (κ2) is 8.29. The van der Waals surface area contributed by atoms with Gasteiger partial charge in [-0.1, -0.05) is 30.3 Å². The summed E-state index contributed by atoms with van der Waals surface area (Å²) in [5, 5.41) is 1.16. The molecule has 33 heavy (non-hydrogen) atoms. The average Bonchev–Trinajstić information content (AvgIpc) is 3.27. The van der Waals surface area contributed by atoms with Crippen molar-refractivity contribution < 1.29 is 17.6 Å². The molecular weight excluding hydrogens is 441 g/mol. The Morgan fingerprint density at radius 3 is 2.61 bits per heavy atom. The first-order valence-electron chi connectivity index (χ1n) is 10.4. The average molecular weight is 462 g/mol. The van der Waals surface area contributed by atoms with Gasteiger partial charge in [-0.15, -0.1) is 0 Å². The van der Waals surface area contributed by atoms with E-state index in [1.54, 1.807) is 29.3 Å². The molecule has 0 aliphatic carbocycles. The SMILES string of the molecule is O=C(CN(c1ccc(F)cc1)S(=O)(=O)c1cccc2cnccc12)N1CCc2ccccc21. The summed E-state index contributed by atoms with van der Waals surface area (Å²) in [6.07, 6.45) is 3.82. The molecule has 1 aliphatic rings. The number of nitrogens with zero attached hydrogens (tertiary/aromatic N) is 3. The van der Waals surface area contributed by atoms with Gasteiger partial charge in [-0.3, -0.25) is 14.1 Å². The minimum atomic E-state index is -4.16. The molecule has 5 rings (SSSR count). The van der Waals surface area contributed by atoms with Crippen LogP contribution in [0.1, 0.15) is 5.56 Å². The van der Waals surface area contributed by atoms with E-state index in [0.29, 0.717) is 23.7 Å². The van der Waals surface area contributed by atoms with Gasteiger partial charge in [0.15, 0.2) is 0 Å². The molecule has 0 fully saturated rings. The van der Waals surface area contributed by atoms with Gasteiger partial charge in [0, 0.05) is 35.4 Å². The van der Waals surface area contributed by atoms with Crippen molar-refractivity contribution in [1.82, 2.24) is 4.98 Å². The molecule has 4 aromatic rings. The summed E-state index contributed by atoms with van der Waals surface area (Å²) in [5.41, 5.74) is 2.04. The lowest BCUT2D eigenvalue weighted by Crippen LogP contribution is -2.42. The highest BCUT2D eigenvalue weighted by atomic mass is 32.2. The molecule has 0 N–H and O–H groups in total. The molecule has 1 aliphatic heterocycles. The second-order valence-electron chi connectivity index (χ2n) is 7.77. The van der Waals surface area contributed by atoms with Crippen LogP contribution in [0.4, 0.5) is 15.8 Å². The van der Waals surface area contributed by atoms with Gasteiger partial charge in [-0.2, -0.15) is 0 Å². The lowest BCUT2D eigenvalue weighted by Gasteiger charge is -2.27. The number of hydrogen-bond acceptors (Lipinski definition) is 4. The van der Waals surface area contributed by atoms with Crippen molar-refractivity contribution in [3.05, 3.63) is 96.6 Å². The summed E-state index contributed by atoms with van der Waals surface area (Å²) >= 11 is 0. The van der Waals surface area contributed by atoms with Gasteiger partial charge in [-0.25, -0.2) is 12.8 Å². The summed E-state index contributed by atoms with van der Waals surface area (Å²) < 4.78 is 42.4. The number of rotatable bonds is 5. The van der Waals surface area contributed by atoms with Crippen molar-refractivity contribution in [2.75, 3.05) is 22.3 Å². The number of amides is 1. The van der Waals surface area contributed by atoms with Crippen molar-refractivity contribution >= 4 is 38.1 Å². The van der Waals surface area contributed by atoms with Crippen molar-refractivity contribution in [2.24, 2.45) is 0 Å². The number of fused-ring (bicyclic) bond motifs is 2. The summed E-state index contributed by atoms with van der Waals surface area (Å²) in [4.78, 5) is 19.1. The fourth-order valence-electron chi connectivity index (χ4n) is 4.16. The Bertz CT molecular complexity index is 1450. The Morgan fingerprint density at radius 2 is 1.79 bits per heavy atom. The Kier molecular flexibility index (Phi) is 5.30. The van der Waals surface area contributed by atoms with E-state index >= 15 is 0 Å². The number of hydrogen-bond donors (Lipinski definition) is 0. The largest absolute Gasteiger partial charge is 0.310 e. The molecule has 3 aromatic carbocycles. The molecule has 0 saturated heterocycles. The molecule has 0 atom stereocenters. The molecule has 0 saturated carbocycles. The van der Waals surface area contributed by atoms with Crippen LogP contribution in [-0.4, -0.2) is 32.4 Å². The number of aromatic nitrogens is 1. The van der Waals surface area contributed by atoms with Gasteiger partial charge < -0.3 is 4.90 Å². The third-order valence-electron chi connectivity index (χ3n) is 5.79. The molecule has 6 nitrogen and oxygen atoms in total. The zero-order valence-electron chi connectivity index (χ0n) is 17.6. The summed E-state index contributed by atoms with van der Waals surface area (Å²) in [7, 11) is -4.16. The van der Waals surface area contributed by atoms with Gasteiger partial charge in [0.25, 0.3) is 10.0 Å². The minimum absolute atomic E-state index is 0.0568. The molecular formula is C25H20FN3O3S. The van der Waals surface area contributed by atoms with Crippen LogP contribution in [0.5, 0.6) is 0 Å². The van der Waals surface area contributed by atoms with E-state index in [0.717, 1.165) is 15.6 Å². The maximum absolute atomic E-state index is 13.9. The standard InChI is InChI=1S/C25H20FN3O3S/c26-20-8-10-21(11-9-20)29(17-25(30)28-15-13-18-4-1-2-6-23(18)28)33(31,32)24-7-3-5-19-16-27-14-12-22(19)24/h1-12,14,16H,13,15,17H2. The molecule has 1 amide bonds. The summed E-state index contributed by atoms with van der Waals surface area (Å²) in [6.45, 7) is 0.0686. The van der Waals surface area contributed by atoms with E-state index in [4.69, 9.17) is 0 Å². The number of para-hydroxylation sites is 1. The number of carbonyl (C=O) groups is 1. The zero-order chi connectivity index (χ0) is 23.0. The molecule has 0 bridgehead atoms. The Hall–Kier alpha value is -3.78. The molecule has 8 heteroatoms. The van der Waals surface area contributed by atoms with Crippen LogP contribution in [0.15, 0.2) is 90.1 Å². The highest BCUT2D eigenvalue weighted by Gasteiger charge is 2.32. The smallest absolute Gasteiger partial charge is 0.265 e. The van der Waals surface area contributed by atoms with E-state index in [2.05, 4.69) is 4.98 Å². The van der Waals surface area contributed by atoms with Gasteiger partial charge >= 0.3 is 0 Å². The lowest BCUT2D eigenvalue weighted by molar-refractivity contribution is -0.117. The molecule has 2 heterocycles. The second-order valence-corrected chi connectivity index (χ2v) is 9.60. The Balaban J connectivity index is 1.58. The normalized spacial score (nSPS) is 13.2. The molecule has 0 spiro atoms. The first-order chi connectivity index (χ1) is 15.9. The summed E-state index contributed by atoms with van der Waals surface area (Å²) in [6, 6.07) is 19.2. The fraction of sp³-hybridized carbons (Fsp3) is 0.120. The molecule has 0 radical (unpaired) electrons. The topological polar surface area (TPSA) is 70.6 Å². The van der Waals surface area contributed by atoms with Crippen LogP contribution in [0.25, 0.3) is 10.8 Å². The van der Waals surface area contributed by atoms with Crippen molar-refractivity contribution in [3.8, 4) is 0 Å². The van der Waals surface area contributed by atoms with E-state index in [9.17, 15) is 17.6 Å². The minimum Gasteiger partial charge on any atom is -0.310 e. The van der Waals surface area contributed by atoms with Gasteiger partial charge in [0.1, 0.15) is 12.4 Å². The maximum atomic E-state index is 13.9. The highest BCUT2D eigenvalue weighted by Crippen LogP contribution is 2.31. The van der Waals surface area contributed by atoms with Crippen LogP contribution in [0, 0.1) is 5.82 Å². The van der Waals surface area contributed by atoms with Crippen LogP contribution < -0.4 is 9.21 Å². The molecule has 166 valence electrons. The lowest BCUT2D eigenvalue weighted by atomic mass is 10.2. The van der Waals surface area contributed by atoms with E-state index in [1.165, 1.54) is 36.5 Å². The third-order valence-corrected chi connectivity index (χ3v) is 7.62. The number of sulfonamides is 1. The predicted molar refractivity (Wildman–Crippen MR) is 125 cm³/mol. The van der Waals surface area contributed by atoms with Crippen LogP contribution in [0.2, 0.25) is 0 Å². The predicted octanol–water partition coefficient (Wildman–Crippen LogP) is 4.16. The number of carbonyl (C=O) groups excluding carboxylic acids is 1. The number of benzene rings is 3. The third kappa shape index (κ3) is 3.82. The van der Waals surface area contributed by atoms with Crippen molar-refractivity contribution in [1.29, 1.82) is 0 Å². The first kappa shape index (κ1) is 21.1. The van der Waals surface area contributed by atoms with Crippen LogP contribution in [0.3, 0.4) is 0 Å². The Labute approximate surface area is 191 Å². The quantitative estimate of drug-likeness (QED) is 0.448. The number of anilines is 2. The van der Waals surface area contributed by atoms with Gasteiger partial charge in [0.2, 0.25) is 5.91 Å². The van der Waals surface area contributed by atoms with Gasteiger partial charge in [0.05, 0.1) is 10.6 Å². The number of pyridine rings is 1. The van der Waals surface area contributed by atoms with E-state index in [-0.39, 0.29) is 16.5 Å². The molecule has 0 unspecified atom stereocenters. The van der Waals surface area contributed by atoms with E-state index in [1.807, 2.05) is 24.3 Å². The van der Waals surface area contributed by atoms with Crippen LogP contribution >= 0.6 is 0 Å². The van der Waals surface area contributed by atoms with Crippen molar-refractivity contribution in [2.45, 2.75) is 11.3 Å². The van der Waals surface area contributed by atoms with E-state index < -0.39 is 22.4 Å². The monoisotopic (exact) mass is 461 g/mol. The molecule has 1 aromatic heterocycles. The van der Waals surface area contributed by atoms with Crippen LogP contribution in [-0.2, 0) is 21.2 Å². The zero-order valence-corrected chi connectivity index (χ0v) is 18.4. The number of halogens is 1. The maximum Gasteiger partial charge on any atom is 0.265 e.